The number of furan rings is 2. The molecule has 0 bridgehead atoms. The lowest BCUT2D eigenvalue weighted by Crippen LogP contribution is -2.36. The van der Waals surface area contributed by atoms with Crippen molar-refractivity contribution in [2.24, 2.45) is 0 Å². The highest BCUT2D eigenvalue weighted by molar-refractivity contribution is 5.95. The van der Waals surface area contributed by atoms with Crippen molar-refractivity contribution in [3.05, 3.63) is 82.2 Å². The van der Waals surface area contributed by atoms with Gasteiger partial charge in [0.1, 0.15) is 52.9 Å². The Morgan fingerprint density at radius 1 is 0.872 bits per heavy atom. The number of nitrogens with one attached hydrogen (secondary N) is 2. The second-order valence-corrected chi connectivity index (χ2v) is 9.89. The summed E-state index contributed by atoms with van der Waals surface area (Å²) in [6, 6.07) is 10.1. The van der Waals surface area contributed by atoms with Gasteiger partial charge in [-0.2, -0.15) is 0 Å². The van der Waals surface area contributed by atoms with E-state index in [1.807, 2.05) is 30.3 Å². The van der Waals surface area contributed by atoms with Crippen LogP contribution in [0.3, 0.4) is 0 Å². The van der Waals surface area contributed by atoms with Crippen LogP contribution in [-0.2, 0) is 16.1 Å². The Labute approximate surface area is 226 Å². The Morgan fingerprint density at radius 3 is 1.97 bits per heavy atom. The number of alkyl carbamates (subject to hydrolysis) is 1. The fourth-order valence-corrected chi connectivity index (χ4v) is 3.68. The van der Waals surface area contributed by atoms with E-state index in [-0.39, 0.29) is 40.8 Å². The molecule has 210 valence electrons. The Balaban J connectivity index is 1.69. The molecule has 0 spiro atoms. The van der Waals surface area contributed by atoms with Crippen LogP contribution in [0.4, 0.5) is 4.79 Å². The van der Waals surface area contributed by atoms with E-state index in [4.69, 9.17) is 18.3 Å². The summed E-state index contributed by atoms with van der Waals surface area (Å²) in [5.41, 5.74) is 0.385. The van der Waals surface area contributed by atoms with Crippen molar-refractivity contribution in [1.82, 2.24) is 10.6 Å². The van der Waals surface area contributed by atoms with Gasteiger partial charge in [0.15, 0.2) is 0 Å². The zero-order chi connectivity index (χ0) is 28.7. The number of aliphatic hydroxyl groups excluding tert-OH is 2. The summed E-state index contributed by atoms with van der Waals surface area (Å²) in [4.78, 5) is 37.8. The molecule has 0 saturated heterocycles. The molecule has 0 aliphatic heterocycles. The van der Waals surface area contributed by atoms with Crippen LogP contribution in [0.5, 0.6) is 0 Å². The lowest BCUT2D eigenvalue weighted by atomic mass is 10.1. The van der Waals surface area contributed by atoms with Gasteiger partial charge in [-0.1, -0.05) is 30.3 Å². The third-order valence-corrected chi connectivity index (χ3v) is 5.60. The molecular formula is C28H34N2O9. The summed E-state index contributed by atoms with van der Waals surface area (Å²) in [6.07, 6.45) is -0.756. The maximum absolute atomic E-state index is 13.0. The molecule has 0 unspecified atom stereocenters. The van der Waals surface area contributed by atoms with E-state index in [0.717, 1.165) is 5.56 Å². The molecule has 2 heterocycles. The smallest absolute Gasteiger partial charge is 0.408 e. The van der Waals surface area contributed by atoms with Crippen LogP contribution >= 0.6 is 0 Å². The molecule has 2 aromatic heterocycles. The molecule has 2 amide bonds. The SMILES string of the molecule is Cc1oc([C@@H](CO)NC(=O)OC(C)(C)C)cc1C(=O)N[C@H](CO)c1cc(C(=O)OCc2ccccc2)c(C)o1. The molecule has 1 aromatic carbocycles. The normalized spacial score (nSPS) is 12.9. The second-order valence-electron chi connectivity index (χ2n) is 9.89. The topological polar surface area (TPSA) is 160 Å². The van der Waals surface area contributed by atoms with Crippen LogP contribution in [0.25, 0.3) is 0 Å². The standard InChI is InChI=1S/C28H34N2O9/c1-16-19(11-23(37-16)22(14-32)30-27(35)39-28(3,4)5)25(33)29-21(13-31)24-12-20(17(2)38-24)26(34)36-15-18-9-7-6-8-10-18/h6-12,21-22,31-32H,13-15H2,1-5H3,(H,29,33)(H,30,35)/t21-,22-/m1/s1. The quantitative estimate of drug-likeness (QED) is 0.279. The number of benzene rings is 1. The molecule has 11 nitrogen and oxygen atoms in total. The highest BCUT2D eigenvalue weighted by atomic mass is 16.6. The Morgan fingerprint density at radius 2 is 1.41 bits per heavy atom. The lowest BCUT2D eigenvalue weighted by Gasteiger charge is -2.22. The maximum Gasteiger partial charge on any atom is 0.408 e. The summed E-state index contributed by atoms with van der Waals surface area (Å²) in [5.74, 6) is -0.393. The average molecular weight is 543 g/mol. The number of hydrogen-bond acceptors (Lipinski definition) is 9. The van der Waals surface area contributed by atoms with Crippen LogP contribution in [0.15, 0.2) is 51.3 Å². The van der Waals surface area contributed by atoms with Crippen molar-refractivity contribution >= 4 is 18.0 Å². The molecule has 39 heavy (non-hydrogen) atoms. The van der Waals surface area contributed by atoms with E-state index >= 15 is 0 Å². The minimum Gasteiger partial charge on any atom is -0.463 e. The van der Waals surface area contributed by atoms with Crippen molar-refractivity contribution in [1.29, 1.82) is 0 Å². The first kappa shape index (κ1) is 29.5. The van der Waals surface area contributed by atoms with Gasteiger partial charge in [0.25, 0.3) is 5.91 Å². The molecule has 11 heteroatoms. The third-order valence-electron chi connectivity index (χ3n) is 5.60. The van der Waals surface area contributed by atoms with E-state index < -0.39 is 48.9 Å². The zero-order valence-electron chi connectivity index (χ0n) is 22.6. The van der Waals surface area contributed by atoms with Crippen molar-refractivity contribution in [3.63, 3.8) is 0 Å². The van der Waals surface area contributed by atoms with Gasteiger partial charge in [0.05, 0.1) is 18.8 Å². The average Bonchev–Trinajstić information content (AvgIpc) is 3.46. The van der Waals surface area contributed by atoms with Crippen molar-refractivity contribution < 1.29 is 42.9 Å². The summed E-state index contributed by atoms with van der Waals surface area (Å²) >= 11 is 0. The second kappa shape index (κ2) is 12.6. The molecule has 2 atom stereocenters. The maximum atomic E-state index is 13.0. The Bertz CT molecular complexity index is 1290. The van der Waals surface area contributed by atoms with Crippen molar-refractivity contribution in [3.8, 4) is 0 Å². The first-order valence-electron chi connectivity index (χ1n) is 12.4. The molecule has 0 aliphatic rings. The number of ether oxygens (including phenoxy) is 2. The van der Waals surface area contributed by atoms with Gasteiger partial charge < -0.3 is 39.2 Å². The van der Waals surface area contributed by atoms with Crippen LogP contribution in [0.1, 0.15) is 82.2 Å². The molecule has 0 radical (unpaired) electrons. The minimum atomic E-state index is -0.974. The zero-order valence-corrected chi connectivity index (χ0v) is 22.6. The van der Waals surface area contributed by atoms with Crippen molar-refractivity contribution in [2.45, 2.75) is 58.9 Å². The molecule has 0 fully saturated rings. The largest absolute Gasteiger partial charge is 0.463 e. The lowest BCUT2D eigenvalue weighted by molar-refractivity contribution is 0.0462. The van der Waals surface area contributed by atoms with Gasteiger partial charge in [-0.25, -0.2) is 9.59 Å². The summed E-state index contributed by atoms with van der Waals surface area (Å²) in [7, 11) is 0. The van der Waals surface area contributed by atoms with Gasteiger partial charge in [-0.3, -0.25) is 4.79 Å². The fraction of sp³-hybridized carbons (Fsp3) is 0.393. The summed E-state index contributed by atoms with van der Waals surface area (Å²) in [6.45, 7) is 7.31. The van der Waals surface area contributed by atoms with Crippen LogP contribution in [-0.4, -0.2) is 47.0 Å². The number of hydrogen-bond donors (Lipinski definition) is 4. The van der Waals surface area contributed by atoms with Gasteiger partial charge in [-0.05, 0) is 52.3 Å². The van der Waals surface area contributed by atoms with E-state index in [0.29, 0.717) is 0 Å². The molecule has 3 aromatic rings. The van der Waals surface area contributed by atoms with Gasteiger partial charge in [0.2, 0.25) is 0 Å². The van der Waals surface area contributed by atoms with Crippen LogP contribution in [0.2, 0.25) is 0 Å². The van der Waals surface area contributed by atoms with E-state index in [2.05, 4.69) is 10.6 Å². The fourth-order valence-electron chi connectivity index (χ4n) is 3.68. The Kier molecular flexibility index (Phi) is 9.55. The first-order chi connectivity index (χ1) is 18.4. The Hall–Kier alpha value is -4.09. The highest BCUT2D eigenvalue weighted by Gasteiger charge is 2.27. The minimum absolute atomic E-state index is 0.0828. The molecule has 4 N–H and O–H groups in total. The predicted molar refractivity (Wildman–Crippen MR) is 139 cm³/mol. The number of amides is 2. The van der Waals surface area contributed by atoms with Gasteiger partial charge in [-0.15, -0.1) is 0 Å². The molecule has 3 rings (SSSR count). The van der Waals surface area contributed by atoms with Crippen molar-refractivity contribution in [2.75, 3.05) is 13.2 Å². The first-order valence-corrected chi connectivity index (χ1v) is 12.4. The number of carbonyl (C=O) groups excluding carboxylic acids is 3. The number of aryl methyl sites for hydroxylation is 2. The monoisotopic (exact) mass is 542 g/mol. The van der Waals surface area contributed by atoms with Gasteiger partial charge >= 0.3 is 12.1 Å². The number of aliphatic hydroxyl groups is 2. The van der Waals surface area contributed by atoms with E-state index in [1.54, 1.807) is 34.6 Å². The third kappa shape index (κ3) is 7.95. The highest BCUT2D eigenvalue weighted by Crippen LogP contribution is 2.25. The summed E-state index contributed by atoms with van der Waals surface area (Å²) < 4.78 is 21.8. The van der Waals surface area contributed by atoms with Crippen LogP contribution < -0.4 is 10.6 Å². The molecule has 0 saturated carbocycles. The van der Waals surface area contributed by atoms with E-state index in [9.17, 15) is 24.6 Å². The molecule has 0 aliphatic carbocycles. The summed E-state index contributed by atoms with van der Waals surface area (Å²) in [5, 5.41) is 24.9. The predicted octanol–water partition coefficient (Wildman–Crippen LogP) is 3.87. The number of rotatable bonds is 10. The van der Waals surface area contributed by atoms with Crippen LogP contribution in [0, 0.1) is 13.8 Å². The molecular weight excluding hydrogens is 508 g/mol. The number of esters is 1. The van der Waals surface area contributed by atoms with Gasteiger partial charge in [0, 0.05) is 0 Å². The number of carbonyl (C=O) groups is 3. The van der Waals surface area contributed by atoms with E-state index in [1.165, 1.54) is 12.1 Å².